The number of ether oxygens (including phenoxy) is 1. The molecule has 0 aliphatic rings. The van der Waals surface area contributed by atoms with Crippen LogP contribution in [0.15, 0.2) is 78.9 Å². The molecule has 30 heavy (non-hydrogen) atoms. The van der Waals surface area contributed by atoms with Gasteiger partial charge in [-0.1, -0.05) is 60.7 Å². The first kappa shape index (κ1) is 21.5. The van der Waals surface area contributed by atoms with Crippen LogP contribution in [-0.2, 0) is 19.6 Å². The number of benzene rings is 3. The van der Waals surface area contributed by atoms with Gasteiger partial charge in [-0.25, -0.2) is 0 Å². The fourth-order valence-electron chi connectivity index (χ4n) is 3.09. The Morgan fingerprint density at radius 1 is 0.833 bits per heavy atom. The average Bonchev–Trinajstić information content (AvgIpc) is 3.24. The molecule has 0 bridgehead atoms. The van der Waals surface area contributed by atoms with Crippen molar-refractivity contribution < 1.29 is 4.74 Å². The van der Waals surface area contributed by atoms with Gasteiger partial charge in [0.05, 0.1) is 13.7 Å². The van der Waals surface area contributed by atoms with Crippen LogP contribution in [0.25, 0.3) is 11.4 Å². The molecule has 0 unspecified atom stereocenters. The minimum absolute atomic E-state index is 0. The third-order valence-corrected chi connectivity index (χ3v) is 4.62. The van der Waals surface area contributed by atoms with E-state index >= 15 is 0 Å². The lowest BCUT2D eigenvalue weighted by atomic mass is 10.1. The van der Waals surface area contributed by atoms with E-state index in [0.717, 1.165) is 30.0 Å². The molecule has 7 heteroatoms. The predicted octanol–water partition coefficient (Wildman–Crippen LogP) is 4.11. The molecule has 0 aliphatic carbocycles. The van der Waals surface area contributed by atoms with E-state index < -0.39 is 0 Å². The predicted molar refractivity (Wildman–Crippen MR) is 120 cm³/mol. The SMILES string of the molecule is COc1ccc(Cn2nnc(-c3cccc(CNCc4ccccc4)c3)n2)cc1.Cl. The van der Waals surface area contributed by atoms with Crippen molar-refractivity contribution in [2.45, 2.75) is 19.6 Å². The highest BCUT2D eigenvalue weighted by Gasteiger charge is 2.07. The lowest BCUT2D eigenvalue weighted by molar-refractivity contribution is 0.414. The Bertz CT molecular complexity index is 1050. The van der Waals surface area contributed by atoms with Crippen LogP contribution >= 0.6 is 12.4 Å². The molecule has 4 rings (SSSR count). The van der Waals surface area contributed by atoms with Gasteiger partial charge in [0, 0.05) is 18.7 Å². The zero-order valence-corrected chi connectivity index (χ0v) is 17.5. The summed E-state index contributed by atoms with van der Waals surface area (Å²) in [5.41, 5.74) is 4.51. The molecule has 4 aromatic rings. The monoisotopic (exact) mass is 421 g/mol. The molecule has 0 aliphatic heterocycles. The molecule has 0 amide bonds. The minimum Gasteiger partial charge on any atom is -0.497 e. The summed E-state index contributed by atoms with van der Waals surface area (Å²) in [6.45, 7) is 2.18. The Hall–Kier alpha value is -3.22. The van der Waals surface area contributed by atoms with Gasteiger partial charge in [-0.3, -0.25) is 0 Å². The number of halogens is 1. The van der Waals surface area contributed by atoms with Gasteiger partial charge in [-0.2, -0.15) is 4.80 Å². The lowest BCUT2D eigenvalue weighted by Gasteiger charge is -2.06. The minimum atomic E-state index is 0. The summed E-state index contributed by atoms with van der Waals surface area (Å²) >= 11 is 0. The third-order valence-electron chi connectivity index (χ3n) is 4.62. The second-order valence-electron chi connectivity index (χ2n) is 6.78. The van der Waals surface area contributed by atoms with Gasteiger partial charge in [0.1, 0.15) is 5.75 Å². The molecule has 3 aromatic carbocycles. The number of rotatable bonds is 8. The highest BCUT2D eigenvalue weighted by molar-refractivity contribution is 5.85. The maximum Gasteiger partial charge on any atom is 0.204 e. The molecule has 1 aromatic heterocycles. The number of nitrogens with one attached hydrogen (secondary N) is 1. The standard InChI is InChI=1S/C23H23N5O.ClH/c1-29-22-12-10-19(11-13-22)17-28-26-23(25-27-28)21-9-5-8-20(14-21)16-24-15-18-6-3-2-4-7-18;/h2-14,24H,15-17H2,1H3;1H. The summed E-state index contributed by atoms with van der Waals surface area (Å²) in [6.07, 6.45) is 0. The quantitative estimate of drug-likeness (QED) is 0.464. The topological polar surface area (TPSA) is 64.9 Å². The second kappa shape index (κ2) is 10.5. The van der Waals surface area contributed by atoms with Gasteiger partial charge in [0.2, 0.25) is 5.82 Å². The zero-order chi connectivity index (χ0) is 19.9. The molecule has 0 spiro atoms. The van der Waals surface area contributed by atoms with Gasteiger partial charge in [0.15, 0.2) is 0 Å². The zero-order valence-electron chi connectivity index (χ0n) is 16.7. The molecule has 0 radical (unpaired) electrons. The van der Waals surface area contributed by atoms with E-state index in [2.05, 4.69) is 57.1 Å². The summed E-state index contributed by atoms with van der Waals surface area (Å²) in [5.74, 6) is 1.46. The number of methoxy groups -OCH3 is 1. The van der Waals surface area contributed by atoms with Gasteiger partial charge in [-0.15, -0.1) is 22.6 Å². The summed E-state index contributed by atoms with van der Waals surface area (Å²) in [7, 11) is 1.66. The highest BCUT2D eigenvalue weighted by atomic mass is 35.5. The van der Waals surface area contributed by atoms with Crippen molar-refractivity contribution in [1.82, 2.24) is 25.5 Å². The van der Waals surface area contributed by atoms with Crippen LogP contribution in [-0.4, -0.2) is 27.3 Å². The van der Waals surface area contributed by atoms with Gasteiger partial charge in [-0.05, 0) is 40.1 Å². The molecule has 6 nitrogen and oxygen atoms in total. The molecular formula is C23H24ClN5O. The lowest BCUT2D eigenvalue weighted by Crippen LogP contribution is -2.12. The Morgan fingerprint density at radius 3 is 2.33 bits per heavy atom. The van der Waals surface area contributed by atoms with Crippen molar-refractivity contribution in [3.05, 3.63) is 95.6 Å². The summed E-state index contributed by atoms with van der Waals surface area (Å²) in [5, 5.41) is 16.4. The van der Waals surface area contributed by atoms with Crippen molar-refractivity contribution in [3.8, 4) is 17.1 Å². The van der Waals surface area contributed by atoms with Crippen LogP contribution < -0.4 is 10.1 Å². The van der Waals surface area contributed by atoms with Gasteiger partial charge in [0.25, 0.3) is 0 Å². The van der Waals surface area contributed by atoms with Crippen molar-refractivity contribution in [2.75, 3.05) is 7.11 Å². The molecule has 0 fully saturated rings. The van der Waals surface area contributed by atoms with E-state index in [4.69, 9.17) is 4.74 Å². The highest BCUT2D eigenvalue weighted by Crippen LogP contribution is 2.16. The van der Waals surface area contributed by atoms with E-state index in [0.29, 0.717) is 12.4 Å². The first-order chi connectivity index (χ1) is 14.3. The number of nitrogens with zero attached hydrogens (tertiary/aromatic N) is 4. The molecule has 0 saturated carbocycles. The number of aromatic nitrogens is 4. The fourth-order valence-corrected chi connectivity index (χ4v) is 3.09. The van der Waals surface area contributed by atoms with E-state index in [1.807, 2.05) is 42.5 Å². The molecule has 0 atom stereocenters. The summed E-state index contributed by atoms with van der Waals surface area (Å²) in [6, 6.07) is 26.5. The number of hydrogen-bond donors (Lipinski definition) is 1. The fraction of sp³-hybridized carbons (Fsp3) is 0.174. The Morgan fingerprint density at radius 2 is 1.57 bits per heavy atom. The van der Waals surface area contributed by atoms with Gasteiger partial charge >= 0.3 is 0 Å². The Kier molecular flexibility index (Phi) is 7.54. The van der Waals surface area contributed by atoms with Gasteiger partial charge < -0.3 is 10.1 Å². The van der Waals surface area contributed by atoms with Crippen LogP contribution in [0.2, 0.25) is 0 Å². The van der Waals surface area contributed by atoms with Crippen LogP contribution in [0.4, 0.5) is 0 Å². The molecule has 0 saturated heterocycles. The second-order valence-corrected chi connectivity index (χ2v) is 6.78. The normalized spacial score (nSPS) is 10.4. The van der Waals surface area contributed by atoms with E-state index in [1.165, 1.54) is 11.1 Å². The Balaban J connectivity index is 0.00000256. The van der Waals surface area contributed by atoms with E-state index in [1.54, 1.807) is 11.9 Å². The largest absolute Gasteiger partial charge is 0.497 e. The number of hydrogen-bond acceptors (Lipinski definition) is 5. The van der Waals surface area contributed by atoms with Crippen LogP contribution in [0.3, 0.4) is 0 Å². The average molecular weight is 422 g/mol. The maximum atomic E-state index is 5.19. The molecular weight excluding hydrogens is 398 g/mol. The van der Waals surface area contributed by atoms with E-state index in [-0.39, 0.29) is 12.4 Å². The Labute approximate surface area is 182 Å². The molecule has 1 N–H and O–H groups in total. The number of tetrazole rings is 1. The smallest absolute Gasteiger partial charge is 0.204 e. The maximum absolute atomic E-state index is 5.19. The summed E-state index contributed by atoms with van der Waals surface area (Å²) < 4.78 is 5.19. The first-order valence-corrected chi connectivity index (χ1v) is 9.55. The van der Waals surface area contributed by atoms with Crippen LogP contribution in [0, 0.1) is 0 Å². The molecule has 154 valence electrons. The van der Waals surface area contributed by atoms with Crippen LogP contribution in [0.1, 0.15) is 16.7 Å². The van der Waals surface area contributed by atoms with Crippen molar-refractivity contribution >= 4 is 12.4 Å². The van der Waals surface area contributed by atoms with Crippen molar-refractivity contribution in [1.29, 1.82) is 0 Å². The van der Waals surface area contributed by atoms with Crippen molar-refractivity contribution in [2.24, 2.45) is 0 Å². The van der Waals surface area contributed by atoms with Crippen LogP contribution in [0.5, 0.6) is 5.75 Å². The van der Waals surface area contributed by atoms with Crippen molar-refractivity contribution in [3.63, 3.8) is 0 Å². The van der Waals surface area contributed by atoms with E-state index in [9.17, 15) is 0 Å². The first-order valence-electron chi connectivity index (χ1n) is 9.55. The third kappa shape index (κ3) is 5.65. The molecule has 1 heterocycles. The summed E-state index contributed by atoms with van der Waals surface area (Å²) in [4.78, 5) is 1.61.